The molecule has 0 aromatic heterocycles. The Bertz CT molecular complexity index is 707. The van der Waals surface area contributed by atoms with Crippen molar-refractivity contribution in [2.75, 3.05) is 0 Å². The van der Waals surface area contributed by atoms with Gasteiger partial charge in [-0.25, -0.2) is 0 Å². The molecule has 0 N–H and O–H groups in total. The molecule has 0 radical (unpaired) electrons. The monoisotopic (exact) mass is 286 g/mol. The largest absolute Gasteiger partial charge is 0.197 e. The summed E-state index contributed by atoms with van der Waals surface area (Å²) in [5.41, 5.74) is 3.78. The van der Waals surface area contributed by atoms with Gasteiger partial charge in [0, 0.05) is 5.92 Å². The highest BCUT2D eigenvalue weighted by atomic mass is 14.4. The highest BCUT2D eigenvalue weighted by Crippen LogP contribution is 2.45. The molecule has 22 heavy (non-hydrogen) atoms. The summed E-state index contributed by atoms with van der Waals surface area (Å²) in [6, 6.07) is 23.0. The van der Waals surface area contributed by atoms with E-state index < -0.39 is 5.92 Å². The zero-order valence-corrected chi connectivity index (χ0v) is 12.4. The lowest BCUT2D eigenvalue weighted by Crippen LogP contribution is -2.22. The molecule has 108 valence electrons. The second kappa shape index (κ2) is 6.46. The van der Waals surface area contributed by atoms with E-state index >= 15 is 0 Å². The number of nitrogens with zero attached hydrogens (tertiary/aromatic N) is 2. The summed E-state index contributed by atoms with van der Waals surface area (Å²) < 4.78 is 0. The van der Waals surface area contributed by atoms with Gasteiger partial charge in [0.25, 0.3) is 0 Å². The van der Waals surface area contributed by atoms with Crippen LogP contribution in [-0.2, 0) is 6.42 Å². The molecule has 0 saturated heterocycles. The lowest BCUT2D eigenvalue weighted by atomic mass is 9.69. The van der Waals surface area contributed by atoms with Crippen LogP contribution in [0.3, 0.4) is 0 Å². The highest BCUT2D eigenvalue weighted by Gasteiger charge is 2.34. The predicted octanol–water partition coefficient (Wildman–Crippen LogP) is 4.55. The van der Waals surface area contributed by atoms with E-state index in [1.54, 1.807) is 0 Å². The molecule has 0 spiro atoms. The number of fused-ring (bicyclic) bond motifs is 1. The van der Waals surface area contributed by atoms with Gasteiger partial charge in [-0.05, 0) is 41.9 Å². The fourth-order valence-electron chi connectivity index (χ4n) is 3.69. The maximum atomic E-state index is 9.46. The van der Waals surface area contributed by atoms with Crippen molar-refractivity contribution in [3.63, 3.8) is 0 Å². The molecule has 0 fully saturated rings. The predicted molar refractivity (Wildman–Crippen MR) is 86.0 cm³/mol. The summed E-state index contributed by atoms with van der Waals surface area (Å²) >= 11 is 0. The van der Waals surface area contributed by atoms with Gasteiger partial charge in [0.1, 0.15) is 5.92 Å². The Morgan fingerprint density at radius 3 is 2.32 bits per heavy atom. The first-order valence-corrected chi connectivity index (χ1v) is 7.77. The van der Waals surface area contributed by atoms with Gasteiger partial charge < -0.3 is 0 Å². The SMILES string of the molecule is N#CC(C#N)C(c1ccccc1)C1CCCc2ccccc21. The molecule has 2 nitrogen and oxygen atoms in total. The van der Waals surface area contributed by atoms with Crippen molar-refractivity contribution < 1.29 is 0 Å². The molecule has 2 unspecified atom stereocenters. The lowest BCUT2D eigenvalue weighted by molar-refractivity contribution is 0.433. The standard InChI is InChI=1S/C20H18N2/c21-13-17(14-22)20(16-8-2-1-3-9-16)19-12-6-10-15-7-4-5-11-18(15)19/h1-5,7-9,11,17,19-20H,6,10,12H2. The van der Waals surface area contributed by atoms with Crippen LogP contribution in [0.25, 0.3) is 0 Å². The van der Waals surface area contributed by atoms with Gasteiger partial charge in [-0.1, -0.05) is 54.6 Å². The number of hydrogen-bond donors (Lipinski definition) is 0. The summed E-state index contributed by atoms with van der Waals surface area (Å²) in [7, 11) is 0. The minimum atomic E-state index is -0.612. The van der Waals surface area contributed by atoms with Crippen LogP contribution in [0, 0.1) is 28.6 Å². The van der Waals surface area contributed by atoms with Crippen molar-refractivity contribution >= 4 is 0 Å². The number of aryl methyl sites for hydroxylation is 1. The third kappa shape index (κ3) is 2.61. The molecule has 1 aliphatic rings. The van der Waals surface area contributed by atoms with Crippen molar-refractivity contribution in [2.45, 2.75) is 31.1 Å². The molecule has 2 aromatic rings. The van der Waals surface area contributed by atoms with Crippen molar-refractivity contribution in [1.29, 1.82) is 10.5 Å². The van der Waals surface area contributed by atoms with Crippen LogP contribution >= 0.6 is 0 Å². The Balaban J connectivity index is 2.08. The molecule has 0 heterocycles. The van der Waals surface area contributed by atoms with E-state index in [1.807, 2.05) is 30.3 Å². The van der Waals surface area contributed by atoms with Crippen LogP contribution in [0.2, 0.25) is 0 Å². The van der Waals surface area contributed by atoms with E-state index in [2.05, 4.69) is 36.4 Å². The van der Waals surface area contributed by atoms with Crippen LogP contribution in [-0.4, -0.2) is 0 Å². The molecular weight excluding hydrogens is 268 g/mol. The molecule has 0 bridgehead atoms. The maximum absolute atomic E-state index is 9.46. The third-order valence-electron chi connectivity index (χ3n) is 4.67. The van der Waals surface area contributed by atoms with Gasteiger partial charge >= 0.3 is 0 Å². The number of hydrogen-bond acceptors (Lipinski definition) is 2. The quantitative estimate of drug-likeness (QED) is 0.830. The zero-order chi connectivity index (χ0) is 15.4. The average molecular weight is 286 g/mol. The van der Waals surface area contributed by atoms with Crippen molar-refractivity contribution in [3.8, 4) is 12.1 Å². The Hall–Kier alpha value is -2.58. The van der Waals surface area contributed by atoms with E-state index in [0.717, 1.165) is 24.8 Å². The summed E-state index contributed by atoms with van der Waals surface area (Å²) in [5.74, 6) is -0.423. The first-order valence-electron chi connectivity index (χ1n) is 7.77. The number of benzene rings is 2. The van der Waals surface area contributed by atoms with Gasteiger partial charge in [-0.15, -0.1) is 0 Å². The Kier molecular flexibility index (Phi) is 4.22. The average Bonchev–Trinajstić information content (AvgIpc) is 2.60. The molecule has 3 rings (SSSR count). The van der Waals surface area contributed by atoms with Crippen LogP contribution in [0.5, 0.6) is 0 Å². The molecule has 0 saturated carbocycles. The summed E-state index contributed by atoms with van der Waals surface area (Å²) in [6.07, 6.45) is 3.25. The first-order chi connectivity index (χ1) is 10.8. The summed E-state index contributed by atoms with van der Waals surface area (Å²) in [6.45, 7) is 0. The summed E-state index contributed by atoms with van der Waals surface area (Å²) in [5, 5.41) is 18.9. The minimum Gasteiger partial charge on any atom is -0.197 e. The molecule has 1 aliphatic carbocycles. The second-order valence-electron chi connectivity index (χ2n) is 5.87. The normalized spacial score (nSPS) is 18.0. The molecular formula is C20H18N2. The zero-order valence-electron chi connectivity index (χ0n) is 12.4. The number of rotatable bonds is 3. The van der Waals surface area contributed by atoms with Gasteiger partial charge in [0.15, 0.2) is 0 Å². The fraction of sp³-hybridized carbons (Fsp3) is 0.300. The van der Waals surface area contributed by atoms with E-state index in [9.17, 15) is 10.5 Å². The first kappa shape index (κ1) is 14.4. The Morgan fingerprint density at radius 2 is 1.59 bits per heavy atom. The van der Waals surface area contributed by atoms with Gasteiger partial charge in [-0.2, -0.15) is 10.5 Å². The Labute approximate surface area is 131 Å². The molecule has 2 heteroatoms. The van der Waals surface area contributed by atoms with Crippen LogP contribution in [0.1, 0.15) is 41.4 Å². The Morgan fingerprint density at radius 1 is 0.909 bits per heavy atom. The van der Waals surface area contributed by atoms with E-state index in [4.69, 9.17) is 0 Å². The second-order valence-corrected chi connectivity index (χ2v) is 5.87. The molecule has 0 aliphatic heterocycles. The molecule has 2 atom stereocenters. The van der Waals surface area contributed by atoms with Gasteiger partial charge in [-0.3, -0.25) is 0 Å². The van der Waals surface area contributed by atoms with Crippen molar-refractivity contribution in [3.05, 3.63) is 71.3 Å². The fourth-order valence-corrected chi connectivity index (χ4v) is 3.69. The maximum Gasteiger partial charge on any atom is 0.140 e. The van der Waals surface area contributed by atoms with Crippen molar-refractivity contribution in [1.82, 2.24) is 0 Å². The summed E-state index contributed by atoms with van der Waals surface area (Å²) in [4.78, 5) is 0. The van der Waals surface area contributed by atoms with E-state index in [-0.39, 0.29) is 11.8 Å². The van der Waals surface area contributed by atoms with Crippen LogP contribution < -0.4 is 0 Å². The third-order valence-corrected chi connectivity index (χ3v) is 4.67. The topological polar surface area (TPSA) is 47.6 Å². The van der Waals surface area contributed by atoms with Crippen LogP contribution in [0.4, 0.5) is 0 Å². The minimum absolute atomic E-state index is 0.0577. The van der Waals surface area contributed by atoms with E-state index in [1.165, 1.54) is 11.1 Å². The molecule has 2 aromatic carbocycles. The lowest BCUT2D eigenvalue weighted by Gasteiger charge is -2.33. The smallest absolute Gasteiger partial charge is 0.140 e. The molecule has 0 amide bonds. The van der Waals surface area contributed by atoms with E-state index in [0.29, 0.717) is 0 Å². The van der Waals surface area contributed by atoms with Gasteiger partial charge in [0.2, 0.25) is 0 Å². The van der Waals surface area contributed by atoms with Crippen molar-refractivity contribution in [2.24, 2.45) is 5.92 Å². The van der Waals surface area contributed by atoms with Gasteiger partial charge in [0.05, 0.1) is 12.1 Å². The highest BCUT2D eigenvalue weighted by molar-refractivity contribution is 5.38. The number of nitriles is 2. The van der Waals surface area contributed by atoms with Crippen LogP contribution in [0.15, 0.2) is 54.6 Å².